The second kappa shape index (κ2) is 5.57. The van der Waals surface area contributed by atoms with Crippen LogP contribution < -0.4 is 5.76 Å². The summed E-state index contributed by atoms with van der Waals surface area (Å²) in [4.78, 5) is 11.7. The lowest BCUT2D eigenvalue weighted by atomic mass is 10.0. The van der Waals surface area contributed by atoms with Gasteiger partial charge in [-0.05, 0) is 24.1 Å². The maximum absolute atomic E-state index is 12.9. The molecule has 2 aromatic heterocycles. The Morgan fingerprint density at radius 2 is 2.08 bits per heavy atom. The number of rotatable bonds is 3. The summed E-state index contributed by atoms with van der Waals surface area (Å²) < 4.78 is 35.5. The van der Waals surface area contributed by atoms with Gasteiger partial charge in [0.25, 0.3) is 0 Å². The van der Waals surface area contributed by atoms with E-state index in [1.807, 2.05) is 13.2 Å². The molecule has 3 heterocycles. The molecule has 1 aliphatic rings. The number of fused-ring (bicyclic) bond motifs is 1. The van der Waals surface area contributed by atoms with Gasteiger partial charge in [-0.2, -0.15) is 9.40 Å². The van der Waals surface area contributed by atoms with Crippen LogP contribution in [-0.2, 0) is 24.1 Å². The van der Waals surface area contributed by atoms with E-state index >= 15 is 0 Å². The fourth-order valence-corrected chi connectivity index (χ4v) is 4.81. The van der Waals surface area contributed by atoms with E-state index in [-0.39, 0.29) is 16.4 Å². The van der Waals surface area contributed by atoms with Gasteiger partial charge in [-0.3, -0.25) is 9.25 Å². The summed E-state index contributed by atoms with van der Waals surface area (Å²) in [6.45, 7) is 0.878. The van der Waals surface area contributed by atoms with E-state index in [9.17, 15) is 13.2 Å². The van der Waals surface area contributed by atoms with Crippen molar-refractivity contribution in [3.05, 3.63) is 46.7 Å². The van der Waals surface area contributed by atoms with Gasteiger partial charge in [0.2, 0.25) is 10.0 Å². The molecule has 0 bridgehead atoms. The van der Waals surface area contributed by atoms with Gasteiger partial charge < -0.3 is 4.42 Å². The van der Waals surface area contributed by atoms with Crippen molar-refractivity contribution in [2.24, 2.45) is 14.1 Å². The molecule has 0 radical (unpaired) electrons. The quantitative estimate of drug-likeness (QED) is 0.694. The third-order valence-corrected chi connectivity index (χ3v) is 6.61. The first-order valence-corrected chi connectivity index (χ1v) is 9.38. The lowest BCUT2D eigenvalue weighted by molar-refractivity contribution is 0.472. The van der Waals surface area contributed by atoms with Crippen LogP contribution in [0, 0.1) is 0 Å². The van der Waals surface area contributed by atoms with Gasteiger partial charge in [0, 0.05) is 45.4 Å². The van der Waals surface area contributed by atoms with Crippen LogP contribution in [0.3, 0.4) is 0 Å². The Morgan fingerprint density at radius 3 is 2.80 bits per heavy atom. The first kappa shape index (κ1) is 16.1. The predicted octanol–water partition coefficient (Wildman–Crippen LogP) is 1.04. The molecule has 1 unspecified atom stereocenters. The summed E-state index contributed by atoms with van der Waals surface area (Å²) in [5.74, 6) is -0.371. The average Bonchev–Trinajstić information content (AvgIpc) is 3.28. The van der Waals surface area contributed by atoms with Gasteiger partial charge >= 0.3 is 5.76 Å². The Balaban J connectivity index is 1.64. The van der Waals surface area contributed by atoms with Gasteiger partial charge in [-0.15, -0.1) is 0 Å². The van der Waals surface area contributed by atoms with Crippen molar-refractivity contribution >= 4 is 21.1 Å². The smallest absolute Gasteiger partial charge is 0.408 e. The minimum atomic E-state index is -3.63. The molecular weight excluding hydrogens is 344 g/mol. The molecule has 8 nitrogen and oxygen atoms in total. The molecule has 1 atom stereocenters. The highest BCUT2D eigenvalue weighted by Crippen LogP contribution is 2.31. The molecule has 0 spiro atoms. The number of oxazole rings is 1. The standard InChI is InChI=1S/C16H18N4O4S/c1-18-9-12(8-17-18)11-5-6-20(10-11)25(22,23)13-3-4-14-15(7-13)24-16(21)19(14)2/h3-4,7-9,11H,5-6,10H2,1-2H3. The number of aryl methyl sites for hydroxylation is 2. The van der Waals surface area contributed by atoms with Crippen molar-refractivity contribution < 1.29 is 12.8 Å². The molecule has 0 saturated carbocycles. The van der Waals surface area contributed by atoms with Gasteiger partial charge in [0.05, 0.1) is 16.6 Å². The maximum atomic E-state index is 12.9. The maximum Gasteiger partial charge on any atom is 0.419 e. The number of aromatic nitrogens is 3. The summed E-state index contributed by atoms with van der Waals surface area (Å²) in [6, 6.07) is 4.54. The lowest BCUT2D eigenvalue weighted by Crippen LogP contribution is -2.28. The Bertz CT molecular complexity index is 1110. The molecule has 3 aromatic rings. The van der Waals surface area contributed by atoms with Crippen LogP contribution in [0.25, 0.3) is 11.1 Å². The molecule has 0 N–H and O–H groups in total. The van der Waals surface area contributed by atoms with Crippen molar-refractivity contribution in [1.29, 1.82) is 0 Å². The van der Waals surface area contributed by atoms with Crippen molar-refractivity contribution in [3.8, 4) is 0 Å². The molecule has 132 valence electrons. The highest BCUT2D eigenvalue weighted by Gasteiger charge is 2.34. The van der Waals surface area contributed by atoms with E-state index in [0.717, 1.165) is 12.0 Å². The molecule has 1 aliphatic heterocycles. The van der Waals surface area contributed by atoms with Crippen LogP contribution >= 0.6 is 0 Å². The summed E-state index contributed by atoms with van der Waals surface area (Å²) in [5, 5.41) is 4.16. The Labute approximate surface area is 144 Å². The number of hydrogen-bond donors (Lipinski definition) is 0. The first-order chi connectivity index (χ1) is 11.9. The Hall–Kier alpha value is -2.39. The van der Waals surface area contributed by atoms with E-state index in [4.69, 9.17) is 4.42 Å². The molecule has 25 heavy (non-hydrogen) atoms. The molecule has 4 rings (SSSR count). The number of hydrogen-bond acceptors (Lipinski definition) is 5. The van der Waals surface area contributed by atoms with Crippen LogP contribution in [0.15, 0.2) is 44.7 Å². The Morgan fingerprint density at radius 1 is 1.28 bits per heavy atom. The van der Waals surface area contributed by atoms with Crippen molar-refractivity contribution in [3.63, 3.8) is 0 Å². The SMILES string of the molecule is Cn1cc(C2CCN(S(=O)(=O)c3ccc4c(c3)oc(=O)n4C)C2)cn1. The number of benzene rings is 1. The van der Waals surface area contributed by atoms with Crippen molar-refractivity contribution in [2.45, 2.75) is 17.2 Å². The fourth-order valence-electron chi connectivity index (χ4n) is 3.29. The molecule has 1 fully saturated rings. The summed E-state index contributed by atoms with van der Waals surface area (Å²) in [6.07, 6.45) is 4.46. The van der Waals surface area contributed by atoms with Gasteiger partial charge in [0.15, 0.2) is 5.58 Å². The monoisotopic (exact) mass is 362 g/mol. The third-order valence-electron chi connectivity index (χ3n) is 4.75. The minimum absolute atomic E-state index is 0.140. The highest BCUT2D eigenvalue weighted by molar-refractivity contribution is 7.89. The average molecular weight is 362 g/mol. The largest absolute Gasteiger partial charge is 0.419 e. The summed E-state index contributed by atoms with van der Waals surface area (Å²) >= 11 is 0. The molecule has 9 heteroatoms. The second-order valence-electron chi connectivity index (χ2n) is 6.35. The molecule has 1 aromatic carbocycles. The number of nitrogens with zero attached hydrogens (tertiary/aromatic N) is 4. The summed E-state index contributed by atoms with van der Waals surface area (Å²) in [5.41, 5.74) is 1.89. The third kappa shape index (κ3) is 2.59. The molecule has 1 saturated heterocycles. The number of sulfonamides is 1. The van der Waals surface area contributed by atoms with Crippen LogP contribution in [0.5, 0.6) is 0 Å². The van der Waals surface area contributed by atoms with Gasteiger partial charge in [0.1, 0.15) is 0 Å². The summed E-state index contributed by atoms with van der Waals surface area (Å²) in [7, 11) is -0.205. The normalized spacial score (nSPS) is 19.0. The van der Waals surface area contributed by atoms with E-state index in [1.165, 1.54) is 21.0 Å². The van der Waals surface area contributed by atoms with Crippen molar-refractivity contribution in [1.82, 2.24) is 18.7 Å². The predicted molar refractivity (Wildman–Crippen MR) is 90.8 cm³/mol. The van der Waals surface area contributed by atoms with E-state index in [2.05, 4.69) is 5.10 Å². The zero-order chi connectivity index (χ0) is 17.8. The Kier molecular flexibility index (Phi) is 3.58. The first-order valence-electron chi connectivity index (χ1n) is 7.94. The molecule has 0 amide bonds. The lowest BCUT2D eigenvalue weighted by Gasteiger charge is -2.16. The minimum Gasteiger partial charge on any atom is -0.408 e. The van der Waals surface area contributed by atoms with Crippen LogP contribution in [-0.4, -0.2) is 40.2 Å². The van der Waals surface area contributed by atoms with Crippen LogP contribution in [0.1, 0.15) is 17.9 Å². The van der Waals surface area contributed by atoms with E-state index in [0.29, 0.717) is 18.6 Å². The van der Waals surface area contributed by atoms with Crippen LogP contribution in [0.2, 0.25) is 0 Å². The highest BCUT2D eigenvalue weighted by atomic mass is 32.2. The second-order valence-corrected chi connectivity index (χ2v) is 8.29. The molecular formula is C16H18N4O4S. The molecule has 0 aliphatic carbocycles. The van der Waals surface area contributed by atoms with Gasteiger partial charge in [-0.1, -0.05) is 0 Å². The van der Waals surface area contributed by atoms with E-state index < -0.39 is 15.8 Å². The van der Waals surface area contributed by atoms with Crippen LogP contribution in [0.4, 0.5) is 0 Å². The van der Waals surface area contributed by atoms with Crippen molar-refractivity contribution in [2.75, 3.05) is 13.1 Å². The van der Waals surface area contributed by atoms with E-state index in [1.54, 1.807) is 24.0 Å². The zero-order valence-electron chi connectivity index (χ0n) is 13.9. The van der Waals surface area contributed by atoms with Gasteiger partial charge in [-0.25, -0.2) is 13.2 Å². The fraction of sp³-hybridized carbons (Fsp3) is 0.375. The zero-order valence-corrected chi connectivity index (χ0v) is 14.7. The topological polar surface area (TPSA) is 90.3 Å².